The number of aryl methyl sites for hydroxylation is 1. The van der Waals surface area contributed by atoms with Gasteiger partial charge in [-0.2, -0.15) is 0 Å². The van der Waals surface area contributed by atoms with Crippen LogP contribution in [-0.2, 0) is 16.2 Å². The molecule has 2 heterocycles. The summed E-state index contributed by atoms with van der Waals surface area (Å²) in [6, 6.07) is 16.6. The monoisotopic (exact) mass is 543 g/mol. The first-order valence-electron chi connectivity index (χ1n) is 12.9. The summed E-state index contributed by atoms with van der Waals surface area (Å²) >= 11 is 6.01. The van der Waals surface area contributed by atoms with Crippen LogP contribution in [0.1, 0.15) is 48.8 Å². The van der Waals surface area contributed by atoms with Crippen LogP contribution >= 0.6 is 11.6 Å². The number of carbonyl (C=O) groups excluding carboxylic acids is 2. The number of ketones is 1. The lowest BCUT2D eigenvalue weighted by Crippen LogP contribution is -2.35. The number of benzene rings is 2. The van der Waals surface area contributed by atoms with Gasteiger partial charge in [-0.3, -0.25) is 9.59 Å². The molecule has 8 heteroatoms. The molecule has 1 amide bonds. The van der Waals surface area contributed by atoms with Gasteiger partial charge in [-0.05, 0) is 80.3 Å². The number of anilines is 1. The number of amides is 1. The van der Waals surface area contributed by atoms with Crippen LogP contribution in [-0.4, -0.2) is 23.8 Å². The van der Waals surface area contributed by atoms with Crippen molar-refractivity contribution in [1.29, 1.82) is 0 Å². The number of nitrogens with zero attached hydrogens (tertiary/aromatic N) is 1. The highest BCUT2D eigenvalue weighted by Crippen LogP contribution is 2.43. The third-order valence-electron chi connectivity index (χ3n) is 7.11. The molecule has 1 aliphatic carbocycles. The summed E-state index contributed by atoms with van der Waals surface area (Å²) in [6.45, 7) is 4.01. The number of halogens is 1. The Morgan fingerprint density at radius 3 is 2.67 bits per heavy atom. The first kappa shape index (κ1) is 26.5. The van der Waals surface area contributed by atoms with Crippen molar-refractivity contribution in [3.63, 3.8) is 0 Å². The van der Waals surface area contributed by atoms with E-state index >= 15 is 0 Å². The largest absolute Gasteiger partial charge is 0.496 e. The normalized spacial score (nSPS) is 16.9. The summed E-state index contributed by atoms with van der Waals surface area (Å²) < 4.78 is 11.6. The number of dihydropyridines is 1. The van der Waals surface area contributed by atoms with E-state index in [-0.39, 0.29) is 18.3 Å². The number of pyridine rings is 1. The first-order valence-corrected chi connectivity index (χ1v) is 13.3. The molecule has 0 saturated carbocycles. The Hall–Kier alpha value is -4.10. The fourth-order valence-corrected chi connectivity index (χ4v) is 5.32. The molecule has 5 rings (SSSR count). The molecule has 0 saturated heterocycles. The summed E-state index contributed by atoms with van der Waals surface area (Å²) in [4.78, 5) is 31.5. The summed E-state index contributed by atoms with van der Waals surface area (Å²) in [5.41, 5.74) is 5.20. The van der Waals surface area contributed by atoms with Crippen molar-refractivity contribution in [3.05, 3.63) is 105 Å². The maximum absolute atomic E-state index is 13.8. The second-order valence-electron chi connectivity index (χ2n) is 9.70. The quantitative estimate of drug-likeness (QED) is 0.367. The van der Waals surface area contributed by atoms with E-state index in [1.54, 1.807) is 37.6 Å². The molecule has 0 fully saturated rings. The molecular formula is C31H30ClN3O4. The lowest BCUT2D eigenvalue weighted by molar-refractivity contribution is -0.116. The number of methoxy groups -OCH3 is 1. The predicted molar refractivity (Wildman–Crippen MR) is 151 cm³/mol. The molecular weight excluding hydrogens is 514 g/mol. The Morgan fingerprint density at radius 2 is 1.92 bits per heavy atom. The van der Waals surface area contributed by atoms with Crippen LogP contribution in [0, 0.1) is 6.92 Å². The maximum Gasteiger partial charge on any atom is 0.255 e. The predicted octanol–water partition coefficient (Wildman–Crippen LogP) is 6.24. The van der Waals surface area contributed by atoms with Gasteiger partial charge in [-0.25, -0.2) is 4.98 Å². The Labute approximate surface area is 232 Å². The number of hydrogen-bond donors (Lipinski definition) is 2. The molecule has 1 aromatic heterocycles. The van der Waals surface area contributed by atoms with E-state index in [1.165, 1.54) is 0 Å². The summed E-state index contributed by atoms with van der Waals surface area (Å²) in [5, 5.41) is 6.96. The van der Waals surface area contributed by atoms with E-state index in [9.17, 15) is 9.59 Å². The van der Waals surface area contributed by atoms with Gasteiger partial charge in [0, 0.05) is 51.7 Å². The van der Waals surface area contributed by atoms with Gasteiger partial charge in [0.2, 0.25) is 0 Å². The van der Waals surface area contributed by atoms with E-state index in [0.29, 0.717) is 45.6 Å². The molecule has 0 radical (unpaired) electrons. The minimum atomic E-state index is -0.543. The van der Waals surface area contributed by atoms with E-state index < -0.39 is 5.92 Å². The number of carbonyl (C=O) groups is 2. The number of rotatable bonds is 7. The number of hydrogen-bond acceptors (Lipinski definition) is 6. The number of nitrogens with one attached hydrogen (secondary N) is 2. The molecule has 3 aromatic rings. The molecule has 1 atom stereocenters. The minimum absolute atomic E-state index is 0.0512. The van der Waals surface area contributed by atoms with Crippen molar-refractivity contribution < 1.29 is 19.1 Å². The van der Waals surface area contributed by atoms with Crippen LogP contribution in [0.3, 0.4) is 0 Å². The molecule has 2 aromatic carbocycles. The van der Waals surface area contributed by atoms with E-state index in [0.717, 1.165) is 35.2 Å². The van der Waals surface area contributed by atoms with Gasteiger partial charge in [-0.1, -0.05) is 23.7 Å². The third-order valence-corrected chi connectivity index (χ3v) is 7.36. The van der Waals surface area contributed by atoms with Crippen LogP contribution in [0.15, 0.2) is 83.3 Å². The van der Waals surface area contributed by atoms with Crippen LogP contribution in [0.4, 0.5) is 5.82 Å². The Balaban J connectivity index is 1.55. The number of ether oxygens (including phenoxy) is 2. The molecule has 0 spiro atoms. The average Bonchev–Trinajstić information content (AvgIpc) is 2.93. The zero-order valence-electron chi connectivity index (χ0n) is 22.1. The molecule has 2 N–H and O–H groups in total. The number of Topliss-reactive ketones (excluding diaryl/α,β-unsaturated/α-hetero) is 1. The second-order valence-corrected chi connectivity index (χ2v) is 10.1. The van der Waals surface area contributed by atoms with Crippen molar-refractivity contribution in [2.45, 2.75) is 45.6 Å². The molecule has 2 aliphatic rings. The minimum Gasteiger partial charge on any atom is -0.496 e. The zero-order chi connectivity index (χ0) is 27.5. The van der Waals surface area contributed by atoms with E-state index in [1.807, 2.05) is 44.2 Å². The van der Waals surface area contributed by atoms with E-state index in [4.69, 9.17) is 21.1 Å². The van der Waals surface area contributed by atoms with Gasteiger partial charge < -0.3 is 20.1 Å². The fraction of sp³-hybridized carbons (Fsp3) is 0.258. The van der Waals surface area contributed by atoms with Crippen molar-refractivity contribution in [2.75, 3.05) is 12.4 Å². The molecule has 39 heavy (non-hydrogen) atoms. The zero-order valence-corrected chi connectivity index (χ0v) is 22.9. The standard InChI is InChI=1S/C31H30ClN3O4/c1-18-6-5-15-33-30(18)35-31(37)27-19(2)34-24-7-4-8-25(36)29(24)28(27)20-9-14-26(38-3)21(16-20)17-39-23-12-10-22(32)11-13-23/h5-6,9-16,28,34H,4,7-8,17H2,1-3H3,(H,33,35,37)/t28-/m0/s1. The van der Waals surface area contributed by atoms with Gasteiger partial charge in [-0.15, -0.1) is 0 Å². The highest BCUT2D eigenvalue weighted by Gasteiger charge is 2.38. The molecule has 7 nitrogen and oxygen atoms in total. The van der Waals surface area contributed by atoms with Crippen LogP contribution in [0.2, 0.25) is 5.02 Å². The smallest absolute Gasteiger partial charge is 0.255 e. The van der Waals surface area contributed by atoms with E-state index in [2.05, 4.69) is 15.6 Å². The third kappa shape index (κ3) is 5.54. The van der Waals surface area contributed by atoms with Gasteiger partial charge in [0.15, 0.2) is 5.78 Å². The highest BCUT2D eigenvalue weighted by atomic mass is 35.5. The van der Waals surface area contributed by atoms with Crippen molar-refractivity contribution in [3.8, 4) is 11.5 Å². The summed E-state index contributed by atoms with van der Waals surface area (Å²) in [6.07, 6.45) is 3.63. The number of allylic oxidation sites excluding steroid dienone is 3. The Bertz CT molecular complexity index is 1490. The van der Waals surface area contributed by atoms with Gasteiger partial charge in [0.25, 0.3) is 5.91 Å². The molecule has 0 bridgehead atoms. The van der Waals surface area contributed by atoms with Crippen molar-refractivity contribution in [1.82, 2.24) is 10.3 Å². The fourth-order valence-electron chi connectivity index (χ4n) is 5.19. The van der Waals surface area contributed by atoms with Crippen LogP contribution in [0.5, 0.6) is 11.5 Å². The van der Waals surface area contributed by atoms with Crippen LogP contribution < -0.4 is 20.1 Å². The van der Waals surface area contributed by atoms with Crippen LogP contribution in [0.25, 0.3) is 0 Å². The molecule has 0 unspecified atom stereocenters. The topological polar surface area (TPSA) is 89.5 Å². The lowest BCUT2D eigenvalue weighted by atomic mass is 9.74. The summed E-state index contributed by atoms with van der Waals surface area (Å²) in [7, 11) is 1.61. The first-order chi connectivity index (χ1) is 18.9. The average molecular weight is 544 g/mol. The molecule has 200 valence electrons. The summed E-state index contributed by atoms with van der Waals surface area (Å²) in [5.74, 6) is 1.02. The second kappa shape index (κ2) is 11.3. The van der Waals surface area contributed by atoms with Gasteiger partial charge >= 0.3 is 0 Å². The maximum atomic E-state index is 13.8. The highest BCUT2D eigenvalue weighted by molar-refractivity contribution is 6.30. The number of aromatic nitrogens is 1. The Morgan fingerprint density at radius 1 is 1.13 bits per heavy atom. The van der Waals surface area contributed by atoms with Gasteiger partial charge in [0.1, 0.15) is 23.9 Å². The SMILES string of the molecule is COc1ccc([C@H]2C(C(=O)Nc3ncccc3C)=C(C)NC3=C2C(=O)CCC3)cc1COc1ccc(Cl)cc1. The molecule has 1 aliphatic heterocycles. The lowest BCUT2D eigenvalue weighted by Gasteiger charge is -2.34. The van der Waals surface area contributed by atoms with Crippen molar-refractivity contribution >= 4 is 29.1 Å². The Kier molecular flexibility index (Phi) is 7.70. The van der Waals surface area contributed by atoms with Gasteiger partial charge in [0.05, 0.1) is 7.11 Å². The van der Waals surface area contributed by atoms with Crippen molar-refractivity contribution in [2.24, 2.45) is 0 Å².